The van der Waals surface area contributed by atoms with E-state index in [0.29, 0.717) is 0 Å². The van der Waals surface area contributed by atoms with Gasteiger partial charge in [0.05, 0.1) is 5.56 Å². The number of nitrogens with one attached hydrogen (secondary N) is 2. The lowest BCUT2D eigenvalue weighted by Crippen LogP contribution is -2.36. The highest BCUT2D eigenvalue weighted by atomic mass is 35.5. The second-order valence-electron chi connectivity index (χ2n) is 5.72. The largest absolute Gasteiger partial charge is 0.348 e. The summed E-state index contributed by atoms with van der Waals surface area (Å²) in [4.78, 5) is 12.1. The van der Waals surface area contributed by atoms with Crippen molar-refractivity contribution in [2.24, 2.45) is 0 Å². The minimum atomic E-state index is -0.485. The van der Waals surface area contributed by atoms with Gasteiger partial charge in [-0.1, -0.05) is 35.9 Å². The summed E-state index contributed by atoms with van der Waals surface area (Å²) in [5.74, 6) is -0.830. The molecule has 1 amide bonds. The van der Waals surface area contributed by atoms with E-state index >= 15 is 0 Å². The van der Waals surface area contributed by atoms with Gasteiger partial charge in [-0.25, -0.2) is 4.39 Å². The number of rotatable bonds is 3. The number of carbonyl (C=O) groups is 1. The summed E-state index contributed by atoms with van der Waals surface area (Å²) in [7, 11) is 0. The van der Waals surface area contributed by atoms with E-state index in [1.807, 2.05) is 31.2 Å². The molecule has 3 nitrogen and oxygen atoms in total. The summed E-state index contributed by atoms with van der Waals surface area (Å²) in [6.07, 6.45) is 0.884. The Morgan fingerprint density at radius 1 is 1.17 bits per heavy atom. The fourth-order valence-corrected chi connectivity index (χ4v) is 2.67. The van der Waals surface area contributed by atoms with Crippen LogP contribution in [0.5, 0.6) is 0 Å². The van der Waals surface area contributed by atoms with Crippen molar-refractivity contribution < 1.29 is 9.18 Å². The van der Waals surface area contributed by atoms with E-state index in [0.717, 1.165) is 36.2 Å². The third-order valence-electron chi connectivity index (χ3n) is 3.99. The van der Waals surface area contributed by atoms with Crippen molar-refractivity contribution in [2.45, 2.75) is 19.4 Å². The third-order valence-corrected chi connectivity index (χ3v) is 3.99. The quantitative estimate of drug-likeness (QED) is 0.904. The molecule has 1 heterocycles. The molecule has 2 aromatic rings. The number of amides is 1. The Balaban J connectivity index is 0.00000192. The second-order valence-corrected chi connectivity index (χ2v) is 5.72. The zero-order valence-corrected chi connectivity index (χ0v) is 13.8. The lowest BCUT2D eigenvalue weighted by molar-refractivity contribution is 0.0936. The molecule has 1 aliphatic heterocycles. The van der Waals surface area contributed by atoms with E-state index in [2.05, 4.69) is 10.6 Å². The third kappa shape index (κ3) is 4.09. The van der Waals surface area contributed by atoms with E-state index in [1.54, 1.807) is 12.1 Å². The van der Waals surface area contributed by atoms with Gasteiger partial charge in [-0.3, -0.25) is 4.79 Å². The summed E-state index contributed by atoms with van der Waals surface area (Å²) < 4.78 is 14.3. The number of hydrogen-bond donors (Lipinski definition) is 2. The molecule has 0 radical (unpaired) electrons. The first-order chi connectivity index (χ1) is 10.6. The van der Waals surface area contributed by atoms with Crippen molar-refractivity contribution in [1.82, 2.24) is 10.6 Å². The summed E-state index contributed by atoms with van der Waals surface area (Å²) in [6, 6.07) is 12.7. The van der Waals surface area contributed by atoms with Gasteiger partial charge in [-0.05, 0) is 43.1 Å². The normalized spacial score (nSPS) is 16.7. The zero-order valence-electron chi connectivity index (χ0n) is 12.9. The van der Waals surface area contributed by atoms with E-state index in [9.17, 15) is 9.18 Å². The van der Waals surface area contributed by atoms with Gasteiger partial charge in [0, 0.05) is 12.6 Å². The molecule has 3 rings (SSSR count). The smallest absolute Gasteiger partial charge is 0.254 e. The van der Waals surface area contributed by atoms with Crippen LogP contribution in [0.15, 0.2) is 42.5 Å². The number of carbonyl (C=O) groups excluding carboxylic acids is 1. The van der Waals surface area contributed by atoms with E-state index in [1.165, 1.54) is 6.07 Å². The summed E-state index contributed by atoms with van der Waals surface area (Å²) >= 11 is 0. The molecule has 1 saturated heterocycles. The fourth-order valence-electron chi connectivity index (χ4n) is 2.67. The molecule has 2 aromatic carbocycles. The van der Waals surface area contributed by atoms with Crippen LogP contribution >= 0.6 is 12.4 Å². The predicted molar refractivity (Wildman–Crippen MR) is 92.6 cm³/mol. The minimum absolute atomic E-state index is 0. The predicted octanol–water partition coefficient (Wildman–Crippen LogP) is 3.31. The number of aryl methyl sites for hydroxylation is 1. The van der Waals surface area contributed by atoms with Crippen molar-refractivity contribution >= 4 is 18.3 Å². The second kappa shape index (κ2) is 7.57. The first kappa shape index (κ1) is 17.4. The highest BCUT2D eigenvalue weighted by Crippen LogP contribution is 2.22. The molecule has 2 N–H and O–H groups in total. The van der Waals surface area contributed by atoms with Crippen LogP contribution in [0, 0.1) is 12.7 Å². The standard InChI is InChI=1S/C18H19FN2O.ClH/c1-12-2-4-13(5-3-12)14-6-7-16(17(19)10-14)18(22)21-15-8-9-20-11-15;/h2-7,10,15,20H,8-9,11H2,1H3,(H,21,22);1H. The van der Waals surface area contributed by atoms with Gasteiger partial charge in [0.25, 0.3) is 5.91 Å². The van der Waals surface area contributed by atoms with Crippen LogP contribution in [-0.2, 0) is 0 Å². The Bertz CT molecular complexity index is 682. The van der Waals surface area contributed by atoms with Crippen LogP contribution in [0.1, 0.15) is 22.3 Å². The van der Waals surface area contributed by atoms with E-state index in [-0.39, 0.29) is 29.9 Å². The topological polar surface area (TPSA) is 41.1 Å². The van der Waals surface area contributed by atoms with Gasteiger partial charge in [0.15, 0.2) is 0 Å². The zero-order chi connectivity index (χ0) is 15.5. The maximum atomic E-state index is 14.3. The van der Waals surface area contributed by atoms with Gasteiger partial charge < -0.3 is 10.6 Å². The average Bonchev–Trinajstić information content (AvgIpc) is 3.00. The molecule has 0 spiro atoms. The summed E-state index contributed by atoms with van der Waals surface area (Å²) in [5, 5.41) is 6.03. The SMILES string of the molecule is Cc1ccc(-c2ccc(C(=O)NC3CCNC3)c(F)c2)cc1.Cl. The highest BCUT2D eigenvalue weighted by Gasteiger charge is 2.19. The number of hydrogen-bond acceptors (Lipinski definition) is 2. The molecular formula is C18H20ClFN2O. The molecule has 1 aliphatic rings. The van der Waals surface area contributed by atoms with Crippen molar-refractivity contribution in [1.29, 1.82) is 0 Å². The van der Waals surface area contributed by atoms with Crippen molar-refractivity contribution in [3.05, 3.63) is 59.4 Å². The van der Waals surface area contributed by atoms with E-state index in [4.69, 9.17) is 0 Å². The Morgan fingerprint density at radius 3 is 2.48 bits per heavy atom. The maximum Gasteiger partial charge on any atom is 0.254 e. The van der Waals surface area contributed by atoms with Crippen LogP contribution in [0.25, 0.3) is 11.1 Å². The van der Waals surface area contributed by atoms with Crippen LogP contribution in [-0.4, -0.2) is 25.0 Å². The average molecular weight is 335 g/mol. The summed E-state index contributed by atoms with van der Waals surface area (Å²) in [5.41, 5.74) is 2.97. The van der Waals surface area contributed by atoms with Crippen LogP contribution in [0.3, 0.4) is 0 Å². The van der Waals surface area contributed by atoms with Gasteiger partial charge in [0.1, 0.15) is 5.82 Å². The van der Waals surface area contributed by atoms with Crippen LogP contribution in [0.2, 0.25) is 0 Å². The molecule has 122 valence electrons. The van der Waals surface area contributed by atoms with E-state index < -0.39 is 5.82 Å². The lowest BCUT2D eigenvalue weighted by atomic mass is 10.0. The molecule has 1 fully saturated rings. The van der Waals surface area contributed by atoms with Crippen molar-refractivity contribution in [2.75, 3.05) is 13.1 Å². The monoisotopic (exact) mass is 334 g/mol. The first-order valence-electron chi connectivity index (χ1n) is 7.51. The van der Waals surface area contributed by atoms with Gasteiger partial charge >= 0.3 is 0 Å². The number of halogens is 2. The van der Waals surface area contributed by atoms with Crippen LogP contribution in [0.4, 0.5) is 4.39 Å². The Kier molecular flexibility index (Phi) is 5.74. The highest BCUT2D eigenvalue weighted by molar-refractivity contribution is 5.95. The minimum Gasteiger partial charge on any atom is -0.348 e. The molecular weight excluding hydrogens is 315 g/mol. The fraction of sp³-hybridized carbons (Fsp3) is 0.278. The molecule has 0 aromatic heterocycles. The van der Waals surface area contributed by atoms with Gasteiger partial charge in [-0.2, -0.15) is 0 Å². The Hall–Kier alpha value is -1.91. The molecule has 23 heavy (non-hydrogen) atoms. The molecule has 5 heteroatoms. The Morgan fingerprint density at radius 2 is 1.87 bits per heavy atom. The Labute approximate surface area is 141 Å². The molecule has 0 bridgehead atoms. The van der Waals surface area contributed by atoms with Gasteiger partial charge in [-0.15, -0.1) is 12.4 Å². The number of benzene rings is 2. The van der Waals surface area contributed by atoms with Gasteiger partial charge in [0.2, 0.25) is 0 Å². The maximum absolute atomic E-state index is 14.3. The molecule has 0 saturated carbocycles. The van der Waals surface area contributed by atoms with Crippen molar-refractivity contribution in [3.63, 3.8) is 0 Å². The summed E-state index contributed by atoms with van der Waals surface area (Å²) in [6.45, 7) is 3.64. The molecule has 1 atom stereocenters. The molecule has 1 unspecified atom stereocenters. The molecule has 0 aliphatic carbocycles. The van der Waals surface area contributed by atoms with Crippen LogP contribution < -0.4 is 10.6 Å². The van der Waals surface area contributed by atoms with Crippen molar-refractivity contribution in [3.8, 4) is 11.1 Å². The first-order valence-corrected chi connectivity index (χ1v) is 7.51. The lowest BCUT2D eigenvalue weighted by Gasteiger charge is -2.12.